The summed E-state index contributed by atoms with van der Waals surface area (Å²) in [5, 5.41) is 3.84. The predicted molar refractivity (Wildman–Crippen MR) is 97.1 cm³/mol. The molecule has 1 aromatic rings. The van der Waals surface area contributed by atoms with E-state index in [1.54, 1.807) is 0 Å². The van der Waals surface area contributed by atoms with Crippen LogP contribution in [0, 0.1) is 0 Å². The lowest BCUT2D eigenvalue weighted by atomic mass is 10.0. The van der Waals surface area contributed by atoms with E-state index in [0.717, 1.165) is 26.1 Å². The number of thioether (sulfide) groups is 1. The van der Waals surface area contributed by atoms with E-state index in [1.807, 2.05) is 0 Å². The largest absolute Gasteiger partial charge is 0.381 e. The summed E-state index contributed by atoms with van der Waals surface area (Å²) in [7, 11) is 0. The van der Waals surface area contributed by atoms with Gasteiger partial charge in [0.15, 0.2) is 0 Å². The first-order valence-corrected chi connectivity index (χ1v) is 10.1. The van der Waals surface area contributed by atoms with Crippen molar-refractivity contribution >= 4 is 11.8 Å². The molecule has 0 spiro atoms. The average molecular weight is 336 g/mol. The molecule has 0 bridgehead atoms. The van der Waals surface area contributed by atoms with Crippen molar-refractivity contribution in [2.45, 2.75) is 56.9 Å². The van der Waals surface area contributed by atoms with Crippen LogP contribution in [0.5, 0.6) is 0 Å². The quantitative estimate of drug-likeness (QED) is 0.857. The summed E-state index contributed by atoms with van der Waals surface area (Å²) in [5.41, 5.74) is 1.28. The second kappa shape index (κ2) is 9.07. The maximum absolute atomic E-state index is 6.53. The third-order valence-electron chi connectivity index (χ3n) is 4.81. The fourth-order valence-electron chi connectivity index (χ4n) is 3.47. The zero-order valence-electron chi connectivity index (χ0n) is 14.1. The Kier molecular flexibility index (Phi) is 6.81. The van der Waals surface area contributed by atoms with Crippen molar-refractivity contribution in [2.75, 3.05) is 24.7 Å². The summed E-state index contributed by atoms with van der Waals surface area (Å²) < 4.78 is 12.0. The van der Waals surface area contributed by atoms with Gasteiger partial charge in [-0.3, -0.25) is 0 Å². The number of ether oxygens (including phenoxy) is 2. The first-order valence-electron chi connectivity index (χ1n) is 8.95. The number of nitrogens with one attached hydrogen (secondary N) is 1. The summed E-state index contributed by atoms with van der Waals surface area (Å²) in [6.07, 6.45) is 5.00. The molecule has 128 valence electrons. The van der Waals surface area contributed by atoms with Crippen molar-refractivity contribution < 1.29 is 9.47 Å². The lowest BCUT2D eigenvalue weighted by Crippen LogP contribution is -2.43. The van der Waals surface area contributed by atoms with E-state index < -0.39 is 0 Å². The van der Waals surface area contributed by atoms with E-state index in [1.165, 1.54) is 29.9 Å². The summed E-state index contributed by atoms with van der Waals surface area (Å²) in [6.45, 7) is 3.93. The summed E-state index contributed by atoms with van der Waals surface area (Å²) in [6, 6.07) is 11.6. The van der Waals surface area contributed by atoms with E-state index in [9.17, 15) is 0 Å². The van der Waals surface area contributed by atoms with E-state index in [4.69, 9.17) is 9.47 Å². The van der Waals surface area contributed by atoms with Crippen molar-refractivity contribution in [3.63, 3.8) is 0 Å². The molecular formula is C19H29NO2S. The molecule has 0 radical (unpaired) electrons. The normalized spacial score (nSPS) is 23.5. The van der Waals surface area contributed by atoms with E-state index in [2.05, 4.69) is 54.3 Å². The minimum Gasteiger partial charge on any atom is -0.381 e. The molecule has 4 heteroatoms. The average Bonchev–Trinajstić information content (AvgIpc) is 2.62. The molecule has 2 heterocycles. The molecule has 23 heavy (non-hydrogen) atoms. The van der Waals surface area contributed by atoms with Crippen molar-refractivity contribution in [3.8, 4) is 0 Å². The Balaban J connectivity index is 1.65. The van der Waals surface area contributed by atoms with E-state index in [0.29, 0.717) is 18.2 Å². The molecule has 2 saturated heterocycles. The van der Waals surface area contributed by atoms with Gasteiger partial charge in [-0.2, -0.15) is 11.8 Å². The van der Waals surface area contributed by atoms with Gasteiger partial charge in [0, 0.05) is 25.3 Å². The fourth-order valence-corrected chi connectivity index (χ4v) is 4.58. The highest BCUT2D eigenvalue weighted by molar-refractivity contribution is 7.99. The Morgan fingerprint density at radius 1 is 1.09 bits per heavy atom. The third-order valence-corrected chi connectivity index (χ3v) is 5.86. The lowest BCUT2D eigenvalue weighted by molar-refractivity contribution is -0.0805. The van der Waals surface area contributed by atoms with Crippen molar-refractivity contribution in [1.82, 2.24) is 5.32 Å². The van der Waals surface area contributed by atoms with Gasteiger partial charge in [0.1, 0.15) is 0 Å². The minimum atomic E-state index is 0.119. The first kappa shape index (κ1) is 17.3. The van der Waals surface area contributed by atoms with Crippen LogP contribution >= 0.6 is 11.8 Å². The van der Waals surface area contributed by atoms with E-state index in [-0.39, 0.29) is 6.10 Å². The molecule has 3 nitrogen and oxygen atoms in total. The predicted octanol–water partition coefficient (Wildman–Crippen LogP) is 3.80. The molecule has 0 amide bonds. The van der Waals surface area contributed by atoms with Gasteiger partial charge in [-0.25, -0.2) is 0 Å². The topological polar surface area (TPSA) is 30.5 Å². The maximum Gasteiger partial charge on any atom is 0.0978 e. The van der Waals surface area contributed by atoms with Gasteiger partial charge in [0.2, 0.25) is 0 Å². The molecule has 2 aliphatic rings. The smallest absolute Gasteiger partial charge is 0.0978 e. The van der Waals surface area contributed by atoms with Crippen LogP contribution in [-0.2, 0) is 9.47 Å². The molecule has 0 aromatic heterocycles. The monoisotopic (exact) mass is 335 g/mol. The lowest BCUT2D eigenvalue weighted by Gasteiger charge is -2.34. The molecule has 1 aromatic carbocycles. The van der Waals surface area contributed by atoms with Gasteiger partial charge < -0.3 is 14.8 Å². The Hall–Kier alpha value is -0.550. The van der Waals surface area contributed by atoms with Gasteiger partial charge in [-0.15, -0.1) is 0 Å². The highest BCUT2D eigenvalue weighted by Crippen LogP contribution is 2.27. The first-order chi connectivity index (χ1) is 11.3. The molecule has 2 fully saturated rings. The summed E-state index contributed by atoms with van der Waals surface area (Å²) in [4.78, 5) is 0. The van der Waals surface area contributed by atoms with Crippen LogP contribution in [0.15, 0.2) is 30.3 Å². The zero-order valence-corrected chi connectivity index (χ0v) is 14.9. The molecule has 2 atom stereocenters. The summed E-state index contributed by atoms with van der Waals surface area (Å²) >= 11 is 2.07. The number of rotatable bonds is 6. The highest BCUT2D eigenvalue weighted by Gasteiger charge is 2.27. The second-order valence-electron chi connectivity index (χ2n) is 6.62. The SMILES string of the molecule is C[C@H](NC1CCSCC1)[C@H](OC1CCOCC1)c1ccccc1. The Bertz CT molecular complexity index is 444. The maximum atomic E-state index is 6.53. The van der Waals surface area contributed by atoms with Gasteiger partial charge >= 0.3 is 0 Å². The van der Waals surface area contributed by atoms with Crippen molar-refractivity contribution in [2.24, 2.45) is 0 Å². The number of benzene rings is 1. The van der Waals surface area contributed by atoms with Crippen molar-refractivity contribution in [1.29, 1.82) is 0 Å². The molecular weight excluding hydrogens is 306 g/mol. The minimum absolute atomic E-state index is 0.119. The standard InChI is InChI=1S/C19H29NO2S/c1-15(20-17-9-13-23-14-10-17)19(16-5-3-2-4-6-16)22-18-7-11-21-12-8-18/h2-6,15,17-20H,7-14H2,1H3/t15-,19-/m0/s1. The molecule has 3 rings (SSSR count). The second-order valence-corrected chi connectivity index (χ2v) is 7.85. The van der Waals surface area contributed by atoms with Crippen LogP contribution in [0.1, 0.15) is 44.3 Å². The van der Waals surface area contributed by atoms with Gasteiger partial charge in [-0.05, 0) is 49.7 Å². The van der Waals surface area contributed by atoms with E-state index >= 15 is 0 Å². The molecule has 1 N–H and O–H groups in total. The molecule has 0 aliphatic carbocycles. The molecule has 2 aliphatic heterocycles. The van der Waals surface area contributed by atoms with Crippen LogP contribution in [0.2, 0.25) is 0 Å². The van der Waals surface area contributed by atoms with Crippen molar-refractivity contribution in [3.05, 3.63) is 35.9 Å². The van der Waals surface area contributed by atoms with Crippen LogP contribution in [0.3, 0.4) is 0 Å². The molecule has 0 saturated carbocycles. The van der Waals surface area contributed by atoms with Crippen LogP contribution in [0.4, 0.5) is 0 Å². The fraction of sp³-hybridized carbons (Fsp3) is 0.684. The third kappa shape index (κ3) is 5.21. The number of hydrogen-bond donors (Lipinski definition) is 1. The Morgan fingerprint density at radius 2 is 1.78 bits per heavy atom. The van der Waals surface area contributed by atoms with Crippen LogP contribution in [-0.4, -0.2) is 42.9 Å². The van der Waals surface area contributed by atoms with Gasteiger partial charge in [0.25, 0.3) is 0 Å². The summed E-state index contributed by atoms with van der Waals surface area (Å²) in [5.74, 6) is 2.56. The number of hydrogen-bond acceptors (Lipinski definition) is 4. The van der Waals surface area contributed by atoms with Crippen LogP contribution < -0.4 is 5.32 Å². The van der Waals surface area contributed by atoms with Gasteiger partial charge in [-0.1, -0.05) is 30.3 Å². The zero-order chi connectivity index (χ0) is 15.9. The Morgan fingerprint density at radius 3 is 2.48 bits per heavy atom. The van der Waals surface area contributed by atoms with Gasteiger partial charge in [0.05, 0.1) is 12.2 Å². The van der Waals surface area contributed by atoms with Crippen LogP contribution in [0.25, 0.3) is 0 Å². The highest BCUT2D eigenvalue weighted by atomic mass is 32.2. The Labute approximate surface area is 144 Å². The molecule has 0 unspecified atom stereocenters.